The number of hydrogen-bond acceptors (Lipinski definition) is 4. The minimum Gasteiger partial charge on any atom is -0.487 e. The molecule has 0 spiro atoms. The molecule has 2 N–H and O–H groups in total. The zero-order valence-corrected chi connectivity index (χ0v) is 9.97. The summed E-state index contributed by atoms with van der Waals surface area (Å²) in [5.41, 5.74) is 8.57. The molecule has 1 aromatic carbocycles. The lowest BCUT2D eigenvalue weighted by molar-refractivity contribution is 0.298. The van der Waals surface area contributed by atoms with E-state index in [4.69, 9.17) is 10.5 Å². The molecule has 1 heterocycles. The van der Waals surface area contributed by atoms with Crippen LogP contribution in [-0.2, 0) is 6.61 Å². The highest BCUT2D eigenvalue weighted by Gasteiger charge is 2.01. The molecule has 0 aliphatic rings. The standard InChI is InChI=1S/C13H15N3O/c1-9-3-4-12(10(2)5-9)17-8-11-6-16-13(14)7-15-11/h3-7H,8H2,1-2H3,(H2,14,16). The van der Waals surface area contributed by atoms with Crippen molar-refractivity contribution in [3.8, 4) is 5.75 Å². The van der Waals surface area contributed by atoms with Crippen molar-refractivity contribution in [2.75, 3.05) is 5.73 Å². The zero-order valence-electron chi connectivity index (χ0n) is 9.97. The van der Waals surface area contributed by atoms with Crippen molar-refractivity contribution in [1.82, 2.24) is 9.97 Å². The molecule has 88 valence electrons. The molecule has 0 aliphatic heterocycles. The molecule has 0 bridgehead atoms. The predicted octanol–water partition coefficient (Wildman–Crippen LogP) is 2.25. The van der Waals surface area contributed by atoms with E-state index < -0.39 is 0 Å². The van der Waals surface area contributed by atoms with Gasteiger partial charge in [-0.1, -0.05) is 17.7 Å². The third-order valence-electron chi connectivity index (χ3n) is 2.43. The first-order chi connectivity index (χ1) is 8.15. The van der Waals surface area contributed by atoms with E-state index in [1.807, 2.05) is 19.1 Å². The number of ether oxygens (including phenoxy) is 1. The topological polar surface area (TPSA) is 61.0 Å². The van der Waals surface area contributed by atoms with Gasteiger partial charge in [-0.15, -0.1) is 0 Å². The average molecular weight is 229 g/mol. The van der Waals surface area contributed by atoms with Crippen LogP contribution in [0.15, 0.2) is 30.6 Å². The van der Waals surface area contributed by atoms with Crippen molar-refractivity contribution in [3.63, 3.8) is 0 Å². The van der Waals surface area contributed by atoms with Crippen molar-refractivity contribution >= 4 is 5.82 Å². The molecule has 0 fully saturated rings. The van der Waals surface area contributed by atoms with E-state index in [0.29, 0.717) is 12.4 Å². The second-order valence-electron chi connectivity index (χ2n) is 3.99. The van der Waals surface area contributed by atoms with Gasteiger partial charge in [0.05, 0.1) is 18.1 Å². The molecule has 0 unspecified atom stereocenters. The highest BCUT2D eigenvalue weighted by molar-refractivity contribution is 5.35. The van der Waals surface area contributed by atoms with Gasteiger partial charge in [0.15, 0.2) is 0 Å². The van der Waals surface area contributed by atoms with Crippen LogP contribution in [0.3, 0.4) is 0 Å². The fourth-order valence-corrected chi connectivity index (χ4v) is 1.55. The number of aryl methyl sites for hydroxylation is 2. The van der Waals surface area contributed by atoms with Gasteiger partial charge in [-0.05, 0) is 25.5 Å². The Morgan fingerprint density at radius 1 is 1.18 bits per heavy atom. The zero-order chi connectivity index (χ0) is 12.3. The summed E-state index contributed by atoms with van der Waals surface area (Å²) in [4.78, 5) is 8.09. The van der Waals surface area contributed by atoms with Crippen molar-refractivity contribution < 1.29 is 4.74 Å². The third kappa shape index (κ3) is 2.93. The van der Waals surface area contributed by atoms with Crippen molar-refractivity contribution in [2.24, 2.45) is 0 Å². The summed E-state index contributed by atoms with van der Waals surface area (Å²) >= 11 is 0. The molecule has 4 heteroatoms. The maximum absolute atomic E-state index is 5.67. The number of anilines is 1. The molecular formula is C13H15N3O. The number of nitrogens with two attached hydrogens (primary N) is 1. The second kappa shape index (κ2) is 4.82. The molecule has 0 saturated carbocycles. The first-order valence-corrected chi connectivity index (χ1v) is 5.41. The maximum Gasteiger partial charge on any atom is 0.141 e. The molecular weight excluding hydrogens is 214 g/mol. The smallest absolute Gasteiger partial charge is 0.141 e. The van der Waals surface area contributed by atoms with Gasteiger partial charge >= 0.3 is 0 Å². The number of nitrogens with zero attached hydrogens (tertiary/aromatic N) is 2. The molecule has 1 aromatic heterocycles. The van der Waals surface area contributed by atoms with Gasteiger partial charge in [0.25, 0.3) is 0 Å². The van der Waals surface area contributed by atoms with Crippen LogP contribution in [0.4, 0.5) is 5.82 Å². The highest BCUT2D eigenvalue weighted by atomic mass is 16.5. The first kappa shape index (κ1) is 11.4. The van der Waals surface area contributed by atoms with Crippen molar-refractivity contribution in [3.05, 3.63) is 47.4 Å². The van der Waals surface area contributed by atoms with E-state index in [0.717, 1.165) is 17.0 Å². The molecule has 0 saturated heterocycles. The van der Waals surface area contributed by atoms with Crippen LogP contribution >= 0.6 is 0 Å². The first-order valence-electron chi connectivity index (χ1n) is 5.41. The van der Waals surface area contributed by atoms with E-state index in [1.165, 1.54) is 11.8 Å². The Labute approximate surface area is 100 Å². The Morgan fingerprint density at radius 3 is 2.65 bits per heavy atom. The number of nitrogen functional groups attached to an aromatic ring is 1. The fraction of sp³-hybridized carbons (Fsp3) is 0.231. The molecule has 0 amide bonds. The minimum atomic E-state index is 0.400. The highest BCUT2D eigenvalue weighted by Crippen LogP contribution is 2.19. The summed E-state index contributed by atoms with van der Waals surface area (Å²) < 4.78 is 5.67. The Balaban J connectivity index is 2.04. The normalized spacial score (nSPS) is 10.2. The van der Waals surface area contributed by atoms with Gasteiger partial charge < -0.3 is 10.5 Å². The summed E-state index contributed by atoms with van der Waals surface area (Å²) in [6.07, 6.45) is 3.15. The third-order valence-corrected chi connectivity index (χ3v) is 2.43. The average Bonchev–Trinajstić information content (AvgIpc) is 2.30. The van der Waals surface area contributed by atoms with Gasteiger partial charge in [-0.25, -0.2) is 4.98 Å². The van der Waals surface area contributed by atoms with Gasteiger partial charge in [-0.2, -0.15) is 0 Å². The van der Waals surface area contributed by atoms with Gasteiger partial charge in [-0.3, -0.25) is 4.98 Å². The molecule has 0 aliphatic carbocycles. The number of aromatic nitrogens is 2. The lowest BCUT2D eigenvalue weighted by atomic mass is 10.1. The molecule has 2 aromatic rings. The SMILES string of the molecule is Cc1ccc(OCc2cnc(N)cn2)c(C)c1. The van der Waals surface area contributed by atoms with Gasteiger partial charge in [0.1, 0.15) is 18.2 Å². The van der Waals surface area contributed by atoms with Crippen LogP contribution in [-0.4, -0.2) is 9.97 Å². The van der Waals surface area contributed by atoms with Crippen LogP contribution in [0.2, 0.25) is 0 Å². The number of hydrogen-bond donors (Lipinski definition) is 1. The fourth-order valence-electron chi connectivity index (χ4n) is 1.55. The van der Waals surface area contributed by atoms with E-state index in [2.05, 4.69) is 23.0 Å². The van der Waals surface area contributed by atoms with Gasteiger partial charge in [0.2, 0.25) is 0 Å². The van der Waals surface area contributed by atoms with Crippen LogP contribution < -0.4 is 10.5 Å². The van der Waals surface area contributed by atoms with E-state index in [-0.39, 0.29) is 0 Å². The Hall–Kier alpha value is -2.10. The molecule has 4 nitrogen and oxygen atoms in total. The van der Waals surface area contributed by atoms with Gasteiger partial charge in [0, 0.05) is 0 Å². The Bertz CT molecular complexity index is 509. The van der Waals surface area contributed by atoms with Crippen molar-refractivity contribution in [1.29, 1.82) is 0 Å². The maximum atomic E-state index is 5.67. The summed E-state index contributed by atoms with van der Waals surface area (Å²) in [6.45, 7) is 4.48. The number of benzene rings is 1. The summed E-state index contributed by atoms with van der Waals surface area (Å²) in [6, 6.07) is 6.08. The molecule has 0 radical (unpaired) electrons. The van der Waals surface area contributed by atoms with Crippen LogP contribution in [0, 0.1) is 13.8 Å². The van der Waals surface area contributed by atoms with E-state index in [1.54, 1.807) is 6.20 Å². The van der Waals surface area contributed by atoms with Crippen LogP contribution in [0.5, 0.6) is 5.75 Å². The largest absolute Gasteiger partial charge is 0.487 e. The number of rotatable bonds is 3. The van der Waals surface area contributed by atoms with E-state index in [9.17, 15) is 0 Å². The summed E-state index contributed by atoms with van der Waals surface area (Å²) in [5, 5.41) is 0. The van der Waals surface area contributed by atoms with Crippen molar-refractivity contribution in [2.45, 2.75) is 20.5 Å². The second-order valence-corrected chi connectivity index (χ2v) is 3.99. The van der Waals surface area contributed by atoms with E-state index >= 15 is 0 Å². The predicted molar refractivity (Wildman–Crippen MR) is 66.7 cm³/mol. The Kier molecular flexibility index (Phi) is 3.23. The lowest BCUT2D eigenvalue weighted by Gasteiger charge is -2.09. The summed E-state index contributed by atoms with van der Waals surface area (Å²) in [5.74, 6) is 1.29. The molecule has 0 atom stereocenters. The minimum absolute atomic E-state index is 0.400. The molecule has 17 heavy (non-hydrogen) atoms. The summed E-state index contributed by atoms with van der Waals surface area (Å²) in [7, 11) is 0. The molecule has 2 rings (SSSR count). The van der Waals surface area contributed by atoms with Crippen LogP contribution in [0.1, 0.15) is 16.8 Å². The van der Waals surface area contributed by atoms with Crippen LogP contribution in [0.25, 0.3) is 0 Å². The lowest BCUT2D eigenvalue weighted by Crippen LogP contribution is -2.01. The quantitative estimate of drug-likeness (QED) is 0.876. The monoisotopic (exact) mass is 229 g/mol. The Morgan fingerprint density at radius 2 is 2.00 bits per heavy atom.